The van der Waals surface area contributed by atoms with Crippen LogP contribution in [0.25, 0.3) is 0 Å². The number of piperidine rings is 1. The van der Waals surface area contributed by atoms with E-state index in [-0.39, 0.29) is 11.4 Å². The molecule has 2 heterocycles. The molecular formula is C14H22FN5O. The number of halogens is 1. The highest BCUT2D eigenvalue weighted by atomic mass is 19.1. The van der Waals surface area contributed by atoms with Gasteiger partial charge in [-0.2, -0.15) is 0 Å². The summed E-state index contributed by atoms with van der Waals surface area (Å²) >= 11 is 0. The summed E-state index contributed by atoms with van der Waals surface area (Å²) in [5.41, 5.74) is 2.10. The summed E-state index contributed by atoms with van der Waals surface area (Å²) in [6.07, 6.45) is 3.47. The number of nitrogen functional groups attached to an aromatic ring is 1. The largest absolute Gasteiger partial charge is 0.352 e. The molecule has 0 spiro atoms. The van der Waals surface area contributed by atoms with Gasteiger partial charge in [-0.3, -0.25) is 4.79 Å². The average Bonchev–Trinajstić information content (AvgIpc) is 2.53. The van der Waals surface area contributed by atoms with Crippen LogP contribution in [0.15, 0.2) is 12.3 Å². The molecule has 0 atom stereocenters. The van der Waals surface area contributed by atoms with E-state index in [1.54, 1.807) is 0 Å². The number of likely N-dealkylation sites (tertiary alicyclic amines) is 1. The first-order valence-electron chi connectivity index (χ1n) is 7.27. The van der Waals surface area contributed by atoms with E-state index in [0.29, 0.717) is 12.5 Å². The molecule has 1 fully saturated rings. The van der Waals surface area contributed by atoms with Gasteiger partial charge in [0.25, 0.3) is 5.91 Å². The van der Waals surface area contributed by atoms with Crippen LogP contribution in [-0.4, -0.2) is 42.0 Å². The minimum absolute atomic E-state index is 0.0380. The number of pyridine rings is 1. The van der Waals surface area contributed by atoms with E-state index in [9.17, 15) is 9.18 Å². The lowest BCUT2D eigenvalue weighted by Gasteiger charge is -2.31. The average molecular weight is 295 g/mol. The normalized spacial score (nSPS) is 16.7. The van der Waals surface area contributed by atoms with Crippen LogP contribution in [0, 0.1) is 11.7 Å². The van der Waals surface area contributed by atoms with E-state index in [0.717, 1.165) is 32.5 Å². The maximum Gasteiger partial charge on any atom is 0.254 e. The Bertz CT molecular complexity index is 488. The van der Waals surface area contributed by atoms with E-state index < -0.39 is 11.7 Å². The molecule has 1 amide bonds. The van der Waals surface area contributed by atoms with Crippen molar-refractivity contribution in [2.75, 3.05) is 31.6 Å². The van der Waals surface area contributed by atoms with Crippen LogP contribution < -0.4 is 16.6 Å². The molecule has 0 aliphatic carbocycles. The number of hydrogen-bond acceptors (Lipinski definition) is 5. The van der Waals surface area contributed by atoms with Crippen LogP contribution in [-0.2, 0) is 0 Å². The Balaban J connectivity index is 1.88. The van der Waals surface area contributed by atoms with E-state index >= 15 is 0 Å². The van der Waals surface area contributed by atoms with Crippen molar-refractivity contribution < 1.29 is 9.18 Å². The summed E-state index contributed by atoms with van der Waals surface area (Å²) in [5, 5.41) is 2.80. The Kier molecular flexibility index (Phi) is 5.46. The number of rotatable bonds is 5. The van der Waals surface area contributed by atoms with Gasteiger partial charge in [-0.15, -0.1) is 0 Å². The molecule has 116 valence electrons. The van der Waals surface area contributed by atoms with Crippen LogP contribution >= 0.6 is 0 Å². The number of aromatic nitrogens is 1. The molecule has 1 aromatic heterocycles. The summed E-state index contributed by atoms with van der Waals surface area (Å²) in [6, 6.07) is 1.35. The molecule has 0 unspecified atom stereocenters. The van der Waals surface area contributed by atoms with Crippen molar-refractivity contribution >= 4 is 11.7 Å². The third-order valence-electron chi connectivity index (χ3n) is 3.98. The summed E-state index contributed by atoms with van der Waals surface area (Å²) in [5.74, 6) is 4.32. The van der Waals surface area contributed by atoms with Gasteiger partial charge in [-0.1, -0.05) is 6.92 Å². The number of hydrazine groups is 1. The first-order chi connectivity index (χ1) is 10.2. The quantitative estimate of drug-likeness (QED) is 0.557. The second-order valence-electron chi connectivity index (χ2n) is 5.25. The van der Waals surface area contributed by atoms with Gasteiger partial charge < -0.3 is 15.6 Å². The molecule has 0 radical (unpaired) electrons. The predicted molar refractivity (Wildman–Crippen MR) is 79.2 cm³/mol. The number of hydrogen-bond donors (Lipinski definition) is 3. The summed E-state index contributed by atoms with van der Waals surface area (Å²) < 4.78 is 13.9. The predicted octanol–water partition coefficient (Wildman–Crippen LogP) is 0.968. The summed E-state index contributed by atoms with van der Waals surface area (Å²) in [6.45, 7) is 5.90. The van der Waals surface area contributed by atoms with Gasteiger partial charge in [0.15, 0.2) is 11.6 Å². The monoisotopic (exact) mass is 295 g/mol. The van der Waals surface area contributed by atoms with Crippen LogP contribution in [0.1, 0.15) is 30.1 Å². The highest BCUT2D eigenvalue weighted by molar-refractivity contribution is 5.95. The number of anilines is 1. The van der Waals surface area contributed by atoms with Gasteiger partial charge in [0.2, 0.25) is 0 Å². The number of amides is 1. The van der Waals surface area contributed by atoms with Gasteiger partial charge in [-0.25, -0.2) is 15.2 Å². The molecule has 0 bridgehead atoms. The fraction of sp³-hybridized carbons (Fsp3) is 0.571. The number of carbonyl (C=O) groups is 1. The van der Waals surface area contributed by atoms with Gasteiger partial charge in [0, 0.05) is 12.7 Å². The summed E-state index contributed by atoms with van der Waals surface area (Å²) in [4.78, 5) is 18.1. The number of carbonyl (C=O) groups excluding carboxylic acids is 1. The van der Waals surface area contributed by atoms with Crippen molar-refractivity contribution in [3.05, 3.63) is 23.6 Å². The van der Waals surface area contributed by atoms with Crippen molar-refractivity contribution in [3.8, 4) is 0 Å². The highest BCUT2D eigenvalue weighted by Gasteiger charge is 2.20. The maximum absolute atomic E-state index is 13.9. The van der Waals surface area contributed by atoms with Crippen LogP contribution in [0.4, 0.5) is 10.2 Å². The van der Waals surface area contributed by atoms with Gasteiger partial charge in [-0.05, 0) is 44.5 Å². The lowest BCUT2D eigenvalue weighted by molar-refractivity contribution is 0.0933. The Morgan fingerprint density at radius 2 is 2.24 bits per heavy atom. The van der Waals surface area contributed by atoms with Crippen molar-refractivity contribution in [2.45, 2.75) is 19.8 Å². The second-order valence-corrected chi connectivity index (χ2v) is 5.25. The third kappa shape index (κ3) is 3.89. The molecule has 2 rings (SSSR count). The van der Waals surface area contributed by atoms with Crippen molar-refractivity contribution in [1.82, 2.24) is 15.2 Å². The Hall–Kier alpha value is -1.73. The molecule has 21 heavy (non-hydrogen) atoms. The minimum Gasteiger partial charge on any atom is -0.352 e. The lowest BCUT2D eigenvalue weighted by Crippen LogP contribution is -2.38. The smallest absolute Gasteiger partial charge is 0.254 e. The van der Waals surface area contributed by atoms with E-state index in [1.165, 1.54) is 12.3 Å². The van der Waals surface area contributed by atoms with Crippen LogP contribution in [0.2, 0.25) is 0 Å². The first kappa shape index (κ1) is 15.7. The van der Waals surface area contributed by atoms with E-state index in [1.807, 2.05) is 0 Å². The molecule has 4 N–H and O–H groups in total. The topological polar surface area (TPSA) is 83.3 Å². The molecule has 6 nitrogen and oxygen atoms in total. The fourth-order valence-electron chi connectivity index (χ4n) is 2.56. The number of nitrogens with zero attached hydrogens (tertiary/aromatic N) is 2. The van der Waals surface area contributed by atoms with Gasteiger partial charge >= 0.3 is 0 Å². The fourth-order valence-corrected chi connectivity index (χ4v) is 2.56. The van der Waals surface area contributed by atoms with Crippen molar-refractivity contribution in [3.63, 3.8) is 0 Å². The Morgan fingerprint density at radius 1 is 1.52 bits per heavy atom. The Labute approximate surface area is 123 Å². The number of nitrogens with two attached hydrogens (primary N) is 1. The lowest BCUT2D eigenvalue weighted by atomic mass is 9.97. The maximum atomic E-state index is 13.9. The zero-order valence-electron chi connectivity index (χ0n) is 12.2. The zero-order chi connectivity index (χ0) is 15.2. The van der Waals surface area contributed by atoms with Crippen molar-refractivity contribution in [2.24, 2.45) is 11.8 Å². The molecule has 1 aliphatic heterocycles. The number of nitrogens with one attached hydrogen (secondary N) is 2. The van der Waals surface area contributed by atoms with E-state index in [2.05, 4.69) is 27.6 Å². The minimum atomic E-state index is -0.724. The molecule has 0 saturated carbocycles. The SMILES string of the molecule is CCN1CCC(CNC(=O)c2ccnc(NN)c2F)CC1. The standard InChI is InChI=1S/C14H22FN5O/c1-2-20-7-4-10(5-8-20)9-18-14(21)11-3-6-17-13(19-16)12(11)15/h3,6,10H,2,4-5,7-9,16H2,1H3,(H,17,19)(H,18,21). The molecular weight excluding hydrogens is 273 g/mol. The first-order valence-corrected chi connectivity index (χ1v) is 7.27. The molecule has 0 aromatic carbocycles. The molecule has 7 heteroatoms. The van der Waals surface area contributed by atoms with Crippen LogP contribution in [0.3, 0.4) is 0 Å². The summed E-state index contributed by atoms with van der Waals surface area (Å²) in [7, 11) is 0. The van der Waals surface area contributed by atoms with Gasteiger partial charge in [0.05, 0.1) is 5.56 Å². The highest BCUT2D eigenvalue weighted by Crippen LogP contribution is 2.17. The van der Waals surface area contributed by atoms with Gasteiger partial charge in [0.1, 0.15) is 0 Å². The molecule has 1 saturated heterocycles. The van der Waals surface area contributed by atoms with Crippen molar-refractivity contribution in [1.29, 1.82) is 0 Å². The zero-order valence-corrected chi connectivity index (χ0v) is 12.2. The molecule has 1 aromatic rings. The third-order valence-corrected chi connectivity index (χ3v) is 3.98. The molecule has 1 aliphatic rings. The van der Waals surface area contributed by atoms with Crippen LogP contribution in [0.5, 0.6) is 0 Å². The second kappa shape index (κ2) is 7.33. The van der Waals surface area contributed by atoms with E-state index in [4.69, 9.17) is 5.84 Å². The Morgan fingerprint density at radius 3 is 2.86 bits per heavy atom.